The van der Waals surface area contributed by atoms with Gasteiger partial charge in [0.1, 0.15) is 5.75 Å². The molecule has 10 heteroatoms. The van der Waals surface area contributed by atoms with Crippen molar-refractivity contribution >= 4 is 38.7 Å². The molecule has 5 rings (SSSR count). The Balaban J connectivity index is 1.71. The van der Waals surface area contributed by atoms with E-state index in [1.165, 1.54) is 23.9 Å². The van der Waals surface area contributed by atoms with E-state index in [0.717, 1.165) is 34.6 Å². The van der Waals surface area contributed by atoms with Crippen molar-refractivity contribution in [2.24, 2.45) is 0 Å². The highest BCUT2D eigenvalue weighted by atomic mass is 32.2. The summed E-state index contributed by atoms with van der Waals surface area (Å²) in [4.78, 5) is 6.71. The number of para-hydroxylation sites is 1. The molecule has 0 saturated carbocycles. The molecule has 208 valence electrons. The molecule has 0 unspecified atom stereocenters. The molecule has 1 saturated heterocycles. The van der Waals surface area contributed by atoms with Gasteiger partial charge < -0.3 is 19.5 Å². The molecular weight excluding hydrogens is 542 g/mol. The molecule has 2 aromatic carbocycles. The fraction of sp³-hybridized carbons (Fsp3) is 0.267. The maximum absolute atomic E-state index is 12.1. The van der Waals surface area contributed by atoms with E-state index in [2.05, 4.69) is 71.6 Å². The topological polar surface area (TPSA) is 88.5 Å². The quantitative estimate of drug-likeness (QED) is 0.275. The first-order chi connectivity index (χ1) is 19.0. The van der Waals surface area contributed by atoms with Gasteiger partial charge in [-0.3, -0.25) is 9.71 Å². The van der Waals surface area contributed by atoms with Crippen LogP contribution < -0.4 is 19.7 Å². The Morgan fingerprint density at radius 3 is 2.35 bits per heavy atom. The van der Waals surface area contributed by atoms with E-state index in [0.29, 0.717) is 16.5 Å². The van der Waals surface area contributed by atoms with Gasteiger partial charge in [-0.1, -0.05) is 24.3 Å². The number of methoxy groups -OCH3 is 1. The minimum atomic E-state index is -3.54. The van der Waals surface area contributed by atoms with Crippen LogP contribution >= 0.6 is 12.2 Å². The van der Waals surface area contributed by atoms with Gasteiger partial charge in [-0.2, -0.15) is 0 Å². The van der Waals surface area contributed by atoms with Gasteiger partial charge in [-0.25, -0.2) is 8.42 Å². The number of aromatic nitrogens is 2. The maximum atomic E-state index is 12.1. The van der Waals surface area contributed by atoms with Crippen molar-refractivity contribution in [2.45, 2.75) is 39.8 Å². The summed E-state index contributed by atoms with van der Waals surface area (Å²) in [5.74, 6) is 0.415. The summed E-state index contributed by atoms with van der Waals surface area (Å²) in [6, 6.07) is 19.3. The number of nitrogens with one attached hydrogen (secondary N) is 2. The van der Waals surface area contributed by atoms with E-state index in [1.54, 1.807) is 18.3 Å². The summed E-state index contributed by atoms with van der Waals surface area (Å²) >= 11 is 5.92. The summed E-state index contributed by atoms with van der Waals surface area (Å²) in [5, 5.41) is 4.02. The number of anilines is 2. The molecule has 1 aliphatic heterocycles. The smallest absolute Gasteiger partial charge is 0.229 e. The molecule has 2 atom stereocenters. The Morgan fingerprint density at radius 2 is 1.73 bits per heavy atom. The van der Waals surface area contributed by atoms with Crippen molar-refractivity contribution in [1.82, 2.24) is 14.9 Å². The molecule has 0 aliphatic carbocycles. The van der Waals surface area contributed by atoms with Crippen LogP contribution in [0.2, 0.25) is 0 Å². The minimum absolute atomic E-state index is 0.242. The zero-order valence-electron chi connectivity index (χ0n) is 23.4. The summed E-state index contributed by atoms with van der Waals surface area (Å²) in [6.45, 7) is 8.51. The normalized spacial score (nSPS) is 17.1. The largest absolute Gasteiger partial charge is 0.495 e. The Kier molecular flexibility index (Phi) is 7.32. The first-order valence-electron chi connectivity index (χ1n) is 12.9. The molecule has 2 N–H and O–H groups in total. The van der Waals surface area contributed by atoms with Gasteiger partial charge in [0.2, 0.25) is 10.0 Å². The van der Waals surface area contributed by atoms with Gasteiger partial charge in [0.25, 0.3) is 0 Å². The molecular formula is C30H33N5O3S2. The second kappa shape index (κ2) is 10.6. The van der Waals surface area contributed by atoms with Crippen LogP contribution in [0.4, 0.5) is 11.4 Å². The third-order valence-corrected chi connectivity index (χ3v) is 8.21. The Morgan fingerprint density at radius 1 is 1.00 bits per heavy atom. The lowest BCUT2D eigenvalue weighted by molar-refractivity contribution is 0.417. The van der Waals surface area contributed by atoms with E-state index in [4.69, 9.17) is 17.0 Å². The standard InChI is InChI=1S/C30H33N5O3S2/c1-18-10-9-11-19(2)28(18)34-20(3)16-23(21(34)4)29-27(24-12-7-8-15-31-24)32-30(39)35(29)22-13-14-26(38-5)25(17-22)33-40(6,36)37/h7-17,27,29,33H,1-6H3,(H,32,39)/t27-,29+/m1/s1. The van der Waals surface area contributed by atoms with E-state index in [9.17, 15) is 8.42 Å². The fourth-order valence-electron chi connectivity index (χ4n) is 5.66. The molecule has 0 radical (unpaired) electrons. The van der Waals surface area contributed by atoms with Crippen LogP contribution in [0.15, 0.2) is 66.9 Å². The summed E-state index contributed by atoms with van der Waals surface area (Å²) < 4.78 is 34.6. The number of sulfonamides is 1. The van der Waals surface area contributed by atoms with Crippen LogP contribution in [0.1, 0.15) is 45.9 Å². The molecule has 1 fully saturated rings. The van der Waals surface area contributed by atoms with E-state index >= 15 is 0 Å². The molecule has 0 amide bonds. The lowest BCUT2D eigenvalue weighted by Gasteiger charge is -2.29. The molecule has 4 aromatic rings. The number of hydrogen-bond donors (Lipinski definition) is 2. The molecule has 0 bridgehead atoms. The van der Waals surface area contributed by atoms with Crippen molar-refractivity contribution < 1.29 is 13.2 Å². The van der Waals surface area contributed by atoms with Crippen LogP contribution in [0.25, 0.3) is 5.69 Å². The van der Waals surface area contributed by atoms with Crippen LogP contribution in [-0.4, -0.2) is 36.4 Å². The predicted molar refractivity (Wildman–Crippen MR) is 164 cm³/mol. The molecule has 40 heavy (non-hydrogen) atoms. The van der Waals surface area contributed by atoms with Gasteiger partial charge in [-0.05, 0) is 93.0 Å². The minimum Gasteiger partial charge on any atom is -0.495 e. The van der Waals surface area contributed by atoms with Gasteiger partial charge >= 0.3 is 0 Å². The number of nitrogens with zero attached hydrogens (tertiary/aromatic N) is 3. The Hall–Kier alpha value is -3.89. The fourth-order valence-corrected chi connectivity index (χ4v) is 6.57. The highest BCUT2D eigenvalue weighted by Gasteiger charge is 2.42. The van der Waals surface area contributed by atoms with Crippen molar-refractivity contribution in [3.63, 3.8) is 0 Å². The highest BCUT2D eigenvalue weighted by Crippen LogP contribution is 2.45. The number of pyridine rings is 1. The Labute approximate surface area is 241 Å². The summed E-state index contributed by atoms with van der Waals surface area (Å²) in [7, 11) is -2.03. The second-order valence-corrected chi connectivity index (χ2v) is 12.3. The number of thiocarbonyl (C=S) groups is 1. The summed E-state index contributed by atoms with van der Waals surface area (Å²) in [6.07, 6.45) is 2.89. The highest BCUT2D eigenvalue weighted by molar-refractivity contribution is 7.92. The van der Waals surface area contributed by atoms with Crippen LogP contribution in [0, 0.1) is 27.7 Å². The molecule has 1 aliphatic rings. The maximum Gasteiger partial charge on any atom is 0.229 e. The zero-order chi connectivity index (χ0) is 28.8. The van der Waals surface area contributed by atoms with E-state index < -0.39 is 10.0 Å². The van der Waals surface area contributed by atoms with Crippen molar-refractivity contribution in [3.8, 4) is 11.4 Å². The van der Waals surface area contributed by atoms with Crippen LogP contribution in [0.3, 0.4) is 0 Å². The first-order valence-corrected chi connectivity index (χ1v) is 15.2. The number of ether oxygens (including phenoxy) is 1. The average Bonchev–Trinajstić information content (AvgIpc) is 3.39. The molecule has 8 nitrogen and oxygen atoms in total. The van der Waals surface area contributed by atoms with Gasteiger partial charge in [0.15, 0.2) is 5.11 Å². The van der Waals surface area contributed by atoms with Gasteiger partial charge in [0.05, 0.1) is 42.5 Å². The third kappa shape index (κ3) is 5.04. The lowest BCUT2D eigenvalue weighted by atomic mass is 9.96. The molecule has 0 spiro atoms. The number of hydrogen-bond acceptors (Lipinski definition) is 5. The molecule has 2 aromatic heterocycles. The lowest BCUT2D eigenvalue weighted by Crippen LogP contribution is -2.29. The van der Waals surface area contributed by atoms with E-state index in [1.807, 2.05) is 29.2 Å². The van der Waals surface area contributed by atoms with Crippen LogP contribution in [-0.2, 0) is 10.0 Å². The van der Waals surface area contributed by atoms with Crippen molar-refractivity contribution in [1.29, 1.82) is 0 Å². The predicted octanol–water partition coefficient (Wildman–Crippen LogP) is 5.66. The zero-order valence-corrected chi connectivity index (χ0v) is 25.0. The van der Waals surface area contributed by atoms with Gasteiger partial charge in [0, 0.05) is 23.3 Å². The first kappa shape index (κ1) is 27.7. The number of rotatable bonds is 7. The number of benzene rings is 2. The van der Waals surface area contributed by atoms with Crippen LogP contribution in [0.5, 0.6) is 5.75 Å². The summed E-state index contributed by atoms with van der Waals surface area (Å²) in [5.41, 5.74) is 8.78. The number of aryl methyl sites for hydroxylation is 3. The monoisotopic (exact) mass is 575 g/mol. The van der Waals surface area contributed by atoms with Crippen molar-refractivity contribution in [2.75, 3.05) is 23.0 Å². The SMILES string of the molecule is COc1ccc(N2C(=S)N[C@H](c3ccccn3)[C@@H]2c2cc(C)n(-c3c(C)cccc3C)c2C)cc1NS(C)(=O)=O. The Bertz CT molecular complexity index is 1680. The van der Waals surface area contributed by atoms with E-state index in [-0.39, 0.29) is 12.1 Å². The average molecular weight is 576 g/mol. The van der Waals surface area contributed by atoms with Gasteiger partial charge in [-0.15, -0.1) is 0 Å². The third-order valence-electron chi connectivity index (χ3n) is 7.31. The molecule has 3 heterocycles. The second-order valence-electron chi connectivity index (χ2n) is 10.2. The van der Waals surface area contributed by atoms with Crippen molar-refractivity contribution in [3.05, 3.63) is 101 Å².